The van der Waals surface area contributed by atoms with Gasteiger partial charge in [0.2, 0.25) is 0 Å². The lowest BCUT2D eigenvalue weighted by molar-refractivity contribution is 0.404. The summed E-state index contributed by atoms with van der Waals surface area (Å²) in [5.41, 5.74) is 7.12. The van der Waals surface area contributed by atoms with Gasteiger partial charge < -0.3 is 10.5 Å². The number of halogens is 2. The van der Waals surface area contributed by atoms with Crippen LogP contribution in [0.25, 0.3) is 10.1 Å². The zero-order valence-electron chi connectivity index (χ0n) is 11.3. The van der Waals surface area contributed by atoms with E-state index in [1.165, 1.54) is 17.9 Å². The Balaban J connectivity index is 2.09. The van der Waals surface area contributed by atoms with E-state index in [1.54, 1.807) is 17.4 Å². The number of hydrogen-bond donors (Lipinski definition) is 1. The van der Waals surface area contributed by atoms with Crippen molar-refractivity contribution >= 4 is 37.4 Å². The molecule has 1 aromatic heterocycles. The molecule has 0 saturated carbocycles. The second kappa shape index (κ2) is 5.75. The molecule has 21 heavy (non-hydrogen) atoms. The van der Waals surface area contributed by atoms with Gasteiger partial charge >= 0.3 is 0 Å². The largest absolute Gasteiger partial charge is 0.496 e. The van der Waals surface area contributed by atoms with Crippen LogP contribution in [0.2, 0.25) is 0 Å². The standard InChI is InChI=1S/C16H13BrFNOS/c1-20-13-8-12(18)11(17)7-10(13)16(19)15-6-9-4-2-3-5-14(9)21-15/h2-8,16H,19H2,1H3. The van der Waals surface area contributed by atoms with E-state index < -0.39 is 0 Å². The monoisotopic (exact) mass is 365 g/mol. The molecule has 0 fully saturated rings. The van der Waals surface area contributed by atoms with Crippen molar-refractivity contribution in [1.29, 1.82) is 0 Å². The Labute approximate surface area is 134 Å². The van der Waals surface area contributed by atoms with Crippen molar-refractivity contribution in [3.8, 4) is 5.75 Å². The fourth-order valence-corrected chi connectivity index (χ4v) is 3.72. The zero-order valence-corrected chi connectivity index (χ0v) is 13.7. The van der Waals surface area contributed by atoms with Crippen molar-refractivity contribution in [3.05, 3.63) is 63.2 Å². The average molecular weight is 366 g/mol. The molecule has 0 aliphatic carbocycles. The number of benzene rings is 2. The Kier molecular flexibility index (Phi) is 3.97. The van der Waals surface area contributed by atoms with Gasteiger partial charge in [-0.2, -0.15) is 0 Å². The third-order valence-corrected chi connectivity index (χ3v) is 5.17. The number of methoxy groups -OCH3 is 1. The number of thiophene rings is 1. The van der Waals surface area contributed by atoms with Crippen molar-refractivity contribution in [2.24, 2.45) is 5.73 Å². The molecule has 2 aromatic carbocycles. The molecule has 2 N–H and O–H groups in total. The number of nitrogens with two attached hydrogens (primary N) is 1. The minimum absolute atomic E-state index is 0.353. The molecule has 1 heterocycles. The highest BCUT2D eigenvalue weighted by Crippen LogP contribution is 2.37. The van der Waals surface area contributed by atoms with Crippen LogP contribution in [0.5, 0.6) is 5.75 Å². The van der Waals surface area contributed by atoms with E-state index in [1.807, 2.05) is 12.1 Å². The van der Waals surface area contributed by atoms with E-state index in [0.717, 1.165) is 15.8 Å². The number of rotatable bonds is 3. The fourth-order valence-electron chi connectivity index (χ4n) is 2.27. The first-order valence-electron chi connectivity index (χ1n) is 6.37. The maximum Gasteiger partial charge on any atom is 0.141 e. The molecule has 0 aliphatic rings. The lowest BCUT2D eigenvalue weighted by atomic mass is 10.0. The van der Waals surface area contributed by atoms with Gasteiger partial charge in [-0.25, -0.2) is 4.39 Å². The SMILES string of the molecule is COc1cc(F)c(Br)cc1C(N)c1cc2ccccc2s1. The van der Waals surface area contributed by atoms with Crippen LogP contribution in [-0.2, 0) is 0 Å². The third kappa shape index (κ3) is 2.69. The molecule has 0 saturated heterocycles. The maximum atomic E-state index is 13.6. The van der Waals surface area contributed by atoms with E-state index >= 15 is 0 Å². The molecular formula is C16H13BrFNOS. The molecule has 0 aliphatic heterocycles. The summed E-state index contributed by atoms with van der Waals surface area (Å²) in [4.78, 5) is 1.02. The van der Waals surface area contributed by atoms with Gasteiger partial charge in [-0.05, 0) is 39.5 Å². The highest BCUT2D eigenvalue weighted by Gasteiger charge is 2.18. The van der Waals surface area contributed by atoms with Crippen molar-refractivity contribution in [3.63, 3.8) is 0 Å². The van der Waals surface area contributed by atoms with Crippen LogP contribution in [0.4, 0.5) is 4.39 Å². The fraction of sp³-hybridized carbons (Fsp3) is 0.125. The van der Waals surface area contributed by atoms with E-state index in [4.69, 9.17) is 10.5 Å². The van der Waals surface area contributed by atoms with Crippen molar-refractivity contribution in [1.82, 2.24) is 0 Å². The van der Waals surface area contributed by atoms with Gasteiger partial charge in [0.05, 0.1) is 17.6 Å². The van der Waals surface area contributed by atoms with Crippen LogP contribution in [0.15, 0.2) is 46.9 Å². The Morgan fingerprint density at radius 1 is 1.24 bits per heavy atom. The molecule has 2 nitrogen and oxygen atoms in total. The lowest BCUT2D eigenvalue weighted by Crippen LogP contribution is -2.12. The van der Waals surface area contributed by atoms with Gasteiger partial charge in [0.1, 0.15) is 11.6 Å². The summed E-state index contributed by atoms with van der Waals surface area (Å²) in [7, 11) is 1.52. The number of ether oxygens (including phenoxy) is 1. The van der Waals surface area contributed by atoms with Crippen molar-refractivity contribution < 1.29 is 9.13 Å². The first-order chi connectivity index (χ1) is 10.1. The molecule has 1 atom stereocenters. The molecule has 0 radical (unpaired) electrons. The second-order valence-electron chi connectivity index (χ2n) is 4.67. The molecule has 1 unspecified atom stereocenters. The molecular weight excluding hydrogens is 353 g/mol. The quantitative estimate of drug-likeness (QED) is 0.719. The van der Waals surface area contributed by atoms with Gasteiger partial charge in [0.15, 0.2) is 0 Å². The summed E-state index contributed by atoms with van der Waals surface area (Å²) >= 11 is 4.84. The van der Waals surface area contributed by atoms with E-state index in [9.17, 15) is 4.39 Å². The molecule has 0 amide bonds. The van der Waals surface area contributed by atoms with Crippen LogP contribution in [0.1, 0.15) is 16.5 Å². The van der Waals surface area contributed by atoms with Gasteiger partial charge in [0, 0.05) is 21.2 Å². The van der Waals surface area contributed by atoms with Crippen molar-refractivity contribution in [2.75, 3.05) is 7.11 Å². The third-order valence-electron chi connectivity index (χ3n) is 3.36. The minimum Gasteiger partial charge on any atom is -0.496 e. The predicted molar refractivity (Wildman–Crippen MR) is 88.5 cm³/mol. The van der Waals surface area contributed by atoms with Crippen LogP contribution >= 0.6 is 27.3 Å². The van der Waals surface area contributed by atoms with Crippen LogP contribution in [0.3, 0.4) is 0 Å². The van der Waals surface area contributed by atoms with Crippen LogP contribution < -0.4 is 10.5 Å². The van der Waals surface area contributed by atoms with Crippen molar-refractivity contribution in [2.45, 2.75) is 6.04 Å². The summed E-state index contributed by atoms with van der Waals surface area (Å²) in [5.74, 6) is 0.0970. The van der Waals surface area contributed by atoms with Crippen LogP contribution in [0, 0.1) is 5.82 Å². The van der Waals surface area contributed by atoms with E-state index in [0.29, 0.717) is 10.2 Å². The van der Waals surface area contributed by atoms with E-state index in [2.05, 4.69) is 34.1 Å². The van der Waals surface area contributed by atoms with Crippen LogP contribution in [-0.4, -0.2) is 7.11 Å². The Hall–Kier alpha value is -1.43. The lowest BCUT2D eigenvalue weighted by Gasteiger charge is -2.15. The normalized spacial score (nSPS) is 12.6. The molecule has 0 bridgehead atoms. The Morgan fingerprint density at radius 2 is 2.00 bits per heavy atom. The maximum absolute atomic E-state index is 13.6. The first-order valence-corrected chi connectivity index (χ1v) is 7.98. The topological polar surface area (TPSA) is 35.2 Å². The van der Waals surface area contributed by atoms with E-state index in [-0.39, 0.29) is 11.9 Å². The first kappa shape index (κ1) is 14.5. The summed E-state index contributed by atoms with van der Waals surface area (Å²) < 4.78 is 20.4. The predicted octanol–water partition coefficient (Wildman–Crippen LogP) is 4.86. The molecule has 3 aromatic rings. The van der Waals surface area contributed by atoms with Gasteiger partial charge in [-0.3, -0.25) is 0 Å². The smallest absolute Gasteiger partial charge is 0.141 e. The highest BCUT2D eigenvalue weighted by molar-refractivity contribution is 9.10. The molecule has 108 valence electrons. The zero-order chi connectivity index (χ0) is 15.0. The molecule has 0 spiro atoms. The van der Waals surface area contributed by atoms with Gasteiger partial charge in [-0.15, -0.1) is 11.3 Å². The summed E-state index contributed by atoms with van der Waals surface area (Å²) in [6, 6.07) is 12.9. The average Bonchev–Trinajstić information content (AvgIpc) is 2.92. The minimum atomic E-state index is -0.362. The Bertz CT molecular complexity index is 769. The summed E-state index contributed by atoms with van der Waals surface area (Å²) in [6.45, 7) is 0. The molecule has 5 heteroatoms. The summed E-state index contributed by atoms with van der Waals surface area (Å²) in [5, 5.41) is 1.16. The summed E-state index contributed by atoms with van der Waals surface area (Å²) in [6.07, 6.45) is 0. The number of hydrogen-bond acceptors (Lipinski definition) is 3. The number of fused-ring (bicyclic) bond motifs is 1. The molecule has 3 rings (SSSR count). The second-order valence-corrected chi connectivity index (χ2v) is 6.64. The Morgan fingerprint density at radius 3 is 2.71 bits per heavy atom. The van der Waals surface area contributed by atoms with Gasteiger partial charge in [0.25, 0.3) is 0 Å². The highest BCUT2D eigenvalue weighted by atomic mass is 79.9. The van der Waals surface area contributed by atoms with Gasteiger partial charge in [-0.1, -0.05) is 18.2 Å².